The maximum Gasteiger partial charge on any atom is 0.306 e. The van der Waals surface area contributed by atoms with Gasteiger partial charge in [-0.1, -0.05) is 279 Å². The smallest absolute Gasteiger partial charge is 0.306 e. The van der Waals surface area contributed by atoms with Gasteiger partial charge >= 0.3 is 17.9 Å². The standard InChI is InChI=1S/C57H110O6/c1-6-7-8-9-10-11-12-13-14-18-21-24-27-32-37-42-47-55(58)61-50-54(51-62-56(59)48-43-38-34-29-31-36-41-46-53(4)5)63-57(60)49-44-39-33-28-25-22-19-16-15-17-20-23-26-30-35-40-45-52(2)3/h52-54H,6-51H2,1-5H3/t54-/m1/s1. The van der Waals surface area contributed by atoms with Crippen molar-refractivity contribution in [2.24, 2.45) is 11.8 Å². The normalized spacial score (nSPS) is 12.0. The highest BCUT2D eigenvalue weighted by Crippen LogP contribution is 2.18. The second-order valence-electron chi connectivity index (χ2n) is 20.5. The topological polar surface area (TPSA) is 78.9 Å². The van der Waals surface area contributed by atoms with Crippen molar-refractivity contribution < 1.29 is 28.6 Å². The largest absolute Gasteiger partial charge is 0.462 e. The van der Waals surface area contributed by atoms with E-state index in [9.17, 15) is 14.4 Å². The molecule has 0 aromatic carbocycles. The Morgan fingerprint density at radius 1 is 0.302 bits per heavy atom. The van der Waals surface area contributed by atoms with E-state index in [1.807, 2.05) is 0 Å². The van der Waals surface area contributed by atoms with Gasteiger partial charge in [0.2, 0.25) is 0 Å². The predicted octanol–water partition coefficient (Wildman–Crippen LogP) is 18.5. The molecular formula is C57H110O6. The van der Waals surface area contributed by atoms with Crippen LogP contribution in [0.1, 0.15) is 317 Å². The first-order chi connectivity index (χ1) is 30.7. The van der Waals surface area contributed by atoms with E-state index in [0.717, 1.165) is 69.6 Å². The van der Waals surface area contributed by atoms with E-state index in [0.29, 0.717) is 19.3 Å². The lowest BCUT2D eigenvalue weighted by atomic mass is 10.0. The van der Waals surface area contributed by atoms with Crippen LogP contribution in [-0.4, -0.2) is 37.2 Å². The highest BCUT2D eigenvalue weighted by molar-refractivity contribution is 5.71. The van der Waals surface area contributed by atoms with E-state index in [-0.39, 0.29) is 31.1 Å². The summed E-state index contributed by atoms with van der Waals surface area (Å²) in [4.78, 5) is 38.0. The van der Waals surface area contributed by atoms with Gasteiger partial charge in [-0.05, 0) is 31.1 Å². The Morgan fingerprint density at radius 2 is 0.524 bits per heavy atom. The molecule has 63 heavy (non-hydrogen) atoms. The lowest BCUT2D eigenvalue weighted by Crippen LogP contribution is -2.30. The monoisotopic (exact) mass is 891 g/mol. The zero-order chi connectivity index (χ0) is 46.1. The quantitative estimate of drug-likeness (QED) is 0.0344. The lowest BCUT2D eigenvalue weighted by molar-refractivity contribution is -0.167. The van der Waals surface area contributed by atoms with Gasteiger partial charge in [0.05, 0.1) is 0 Å². The molecule has 6 heteroatoms. The highest BCUT2D eigenvalue weighted by Gasteiger charge is 2.19. The van der Waals surface area contributed by atoms with Gasteiger partial charge < -0.3 is 14.2 Å². The molecule has 0 radical (unpaired) electrons. The Kier molecular flexibility index (Phi) is 48.6. The summed E-state index contributed by atoms with van der Waals surface area (Å²) in [6.45, 7) is 11.4. The van der Waals surface area contributed by atoms with Crippen LogP contribution in [0.5, 0.6) is 0 Å². The number of ether oxygens (including phenoxy) is 3. The Hall–Kier alpha value is -1.59. The maximum atomic E-state index is 12.8. The minimum absolute atomic E-state index is 0.0634. The molecular weight excluding hydrogens is 781 g/mol. The molecule has 0 saturated heterocycles. The number of hydrogen-bond donors (Lipinski definition) is 0. The van der Waals surface area contributed by atoms with E-state index in [4.69, 9.17) is 14.2 Å². The molecule has 0 aromatic heterocycles. The molecule has 0 unspecified atom stereocenters. The summed E-state index contributed by atoms with van der Waals surface area (Å²) in [6.07, 6.45) is 52.5. The lowest BCUT2D eigenvalue weighted by Gasteiger charge is -2.18. The Bertz CT molecular complexity index is 962. The van der Waals surface area contributed by atoms with Crippen molar-refractivity contribution in [1.29, 1.82) is 0 Å². The third-order valence-electron chi connectivity index (χ3n) is 13.0. The van der Waals surface area contributed by atoms with Crippen molar-refractivity contribution >= 4 is 17.9 Å². The predicted molar refractivity (Wildman–Crippen MR) is 270 cm³/mol. The van der Waals surface area contributed by atoms with Crippen LogP contribution in [0.3, 0.4) is 0 Å². The molecule has 0 saturated carbocycles. The highest BCUT2D eigenvalue weighted by atomic mass is 16.6. The molecule has 1 atom stereocenters. The molecule has 374 valence electrons. The molecule has 0 bridgehead atoms. The van der Waals surface area contributed by atoms with Gasteiger partial charge in [-0.3, -0.25) is 14.4 Å². The van der Waals surface area contributed by atoms with Gasteiger partial charge in [0.1, 0.15) is 13.2 Å². The van der Waals surface area contributed by atoms with Crippen molar-refractivity contribution in [2.75, 3.05) is 13.2 Å². The second kappa shape index (κ2) is 49.8. The van der Waals surface area contributed by atoms with Crippen molar-refractivity contribution in [2.45, 2.75) is 323 Å². The first kappa shape index (κ1) is 61.4. The average Bonchev–Trinajstić information content (AvgIpc) is 3.25. The van der Waals surface area contributed by atoms with Gasteiger partial charge in [-0.25, -0.2) is 0 Å². The van der Waals surface area contributed by atoms with Crippen LogP contribution in [0, 0.1) is 11.8 Å². The van der Waals surface area contributed by atoms with Gasteiger partial charge in [-0.15, -0.1) is 0 Å². The number of carbonyl (C=O) groups is 3. The summed E-state index contributed by atoms with van der Waals surface area (Å²) >= 11 is 0. The van der Waals surface area contributed by atoms with Gasteiger partial charge in [0, 0.05) is 19.3 Å². The molecule has 0 N–H and O–H groups in total. The molecule has 6 nitrogen and oxygen atoms in total. The van der Waals surface area contributed by atoms with Crippen molar-refractivity contribution in [3.05, 3.63) is 0 Å². The SMILES string of the molecule is CCCCCCCCCCCCCCCCCCC(=O)OC[C@H](COC(=O)CCCCCCCCCC(C)C)OC(=O)CCCCCCCCCCCCCCCCCCC(C)C. The number of rotatable bonds is 51. The Morgan fingerprint density at radius 3 is 0.778 bits per heavy atom. The first-order valence-electron chi connectivity index (χ1n) is 28.2. The van der Waals surface area contributed by atoms with Crippen LogP contribution in [0.2, 0.25) is 0 Å². The number of carbonyl (C=O) groups excluding carboxylic acids is 3. The number of hydrogen-bond acceptors (Lipinski definition) is 6. The number of esters is 3. The summed E-state index contributed by atoms with van der Waals surface area (Å²) in [6, 6.07) is 0. The average molecular weight is 892 g/mol. The summed E-state index contributed by atoms with van der Waals surface area (Å²) in [5.41, 5.74) is 0. The third-order valence-corrected chi connectivity index (χ3v) is 13.0. The molecule has 0 fully saturated rings. The first-order valence-corrected chi connectivity index (χ1v) is 28.2. The second-order valence-corrected chi connectivity index (χ2v) is 20.5. The van der Waals surface area contributed by atoms with Gasteiger partial charge in [0.25, 0.3) is 0 Å². The molecule has 0 aliphatic carbocycles. The molecule has 0 aromatic rings. The maximum absolute atomic E-state index is 12.8. The summed E-state index contributed by atoms with van der Waals surface area (Å²) in [7, 11) is 0. The zero-order valence-corrected chi connectivity index (χ0v) is 43.2. The minimum atomic E-state index is -0.762. The van der Waals surface area contributed by atoms with E-state index in [1.165, 1.54) is 205 Å². The number of unbranched alkanes of at least 4 members (excludes halogenated alkanes) is 36. The van der Waals surface area contributed by atoms with E-state index < -0.39 is 6.10 Å². The van der Waals surface area contributed by atoms with Gasteiger partial charge in [0.15, 0.2) is 6.10 Å². The molecule has 0 rings (SSSR count). The fourth-order valence-corrected chi connectivity index (χ4v) is 8.70. The van der Waals surface area contributed by atoms with Crippen LogP contribution in [0.25, 0.3) is 0 Å². The van der Waals surface area contributed by atoms with Crippen LogP contribution >= 0.6 is 0 Å². The van der Waals surface area contributed by atoms with E-state index in [2.05, 4.69) is 34.6 Å². The fourth-order valence-electron chi connectivity index (χ4n) is 8.70. The fraction of sp³-hybridized carbons (Fsp3) is 0.947. The van der Waals surface area contributed by atoms with Crippen molar-refractivity contribution in [1.82, 2.24) is 0 Å². The summed E-state index contributed by atoms with van der Waals surface area (Å²) < 4.78 is 16.8. The molecule has 0 heterocycles. The van der Waals surface area contributed by atoms with Gasteiger partial charge in [-0.2, -0.15) is 0 Å². The molecule has 0 amide bonds. The third kappa shape index (κ3) is 51.3. The minimum Gasteiger partial charge on any atom is -0.462 e. The van der Waals surface area contributed by atoms with Crippen LogP contribution in [0.4, 0.5) is 0 Å². The summed E-state index contributed by atoms with van der Waals surface area (Å²) in [5.74, 6) is 0.789. The Balaban J connectivity index is 4.24. The molecule has 0 spiro atoms. The zero-order valence-electron chi connectivity index (χ0n) is 43.2. The van der Waals surface area contributed by atoms with Crippen molar-refractivity contribution in [3.63, 3.8) is 0 Å². The van der Waals surface area contributed by atoms with E-state index >= 15 is 0 Å². The van der Waals surface area contributed by atoms with Crippen LogP contribution in [-0.2, 0) is 28.6 Å². The molecule has 0 aliphatic heterocycles. The summed E-state index contributed by atoms with van der Waals surface area (Å²) in [5, 5.41) is 0. The van der Waals surface area contributed by atoms with Crippen LogP contribution < -0.4 is 0 Å². The molecule has 0 aliphatic rings. The van der Waals surface area contributed by atoms with Crippen LogP contribution in [0.15, 0.2) is 0 Å². The van der Waals surface area contributed by atoms with E-state index in [1.54, 1.807) is 0 Å². The van der Waals surface area contributed by atoms with Crippen molar-refractivity contribution in [3.8, 4) is 0 Å². The Labute approximate surface area is 393 Å².